The first kappa shape index (κ1) is 19.3. The normalized spacial score (nSPS) is 10.5. The van der Waals surface area contributed by atoms with Crippen molar-refractivity contribution in [3.63, 3.8) is 0 Å². The average Bonchev–Trinajstić information content (AvgIpc) is 3.14. The van der Waals surface area contributed by atoms with Gasteiger partial charge in [0.25, 0.3) is 10.5 Å². The lowest BCUT2D eigenvalue weighted by atomic mass is 10.1. The second-order valence-corrected chi connectivity index (χ2v) is 6.70. The first-order valence-electron chi connectivity index (χ1n) is 9.08. The van der Waals surface area contributed by atoms with Crippen LogP contribution in [0.4, 0.5) is 22.7 Å². The van der Waals surface area contributed by atoms with E-state index in [1.165, 1.54) is 10.7 Å². The van der Waals surface area contributed by atoms with E-state index in [9.17, 15) is 10.1 Å². The van der Waals surface area contributed by atoms with Crippen molar-refractivity contribution >= 4 is 35.0 Å². The van der Waals surface area contributed by atoms with E-state index < -0.39 is 4.92 Å². The zero-order valence-electron chi connectivity index (χ0n) is 15.7. The molecule has 0 atom stereocenters. The number of nitro benzene ring substituents is 1. The topological polar surface area (TPSA) is 98.2 Å². The Hall–Kier alpha value is -3.98. The summed E-state index contributed by atoms with van der Waals surface area (Å²) in [5.41, 5.74) is 2.41. The highest BCUT2D eigenvalue weighted by Crippen LogP contribution is 2.32. The highest BCUT2D eigenvalue weighted by atomic mass is 32.1. The second kappa shape index (κ2) is 8.58. The Morgan fingerprint density at radius 2 is 1.67 bits per heavy atom. The largest absolute Gasteiger partial charge is 0.409 e. The highest BCUT2D eigenvalue weighted by Gasteiger charge is 2.18. The molecule has 2 N–H and O–H groups in total. The Morgan fingerprint density at radius 3 is 2.33 bits per heavy atom. The SMILES string of the molecule is O=[N+]([O-])c1cc(-c2nn(CNc3ccccc3)c(=S)o2)ccc1Nc1ccccc1. The highest BCUT2D eigenvalue weighted by molar-refractivity contribution is 7.71. The van der Waals surface area contributed by atoms with E-state index in [0.29, 0.717) is 17.9 Å². The van der Waals surface area contributed by atoms with Crippen LogP contribution in [0.25, 0.3) is 11.5 Å². The van der Waals surface area contributed by atoms with Crippen molar-refractivity contribution < 1.29 is 9.34 Å². The number of para-hydroxylation sites is 2. The predicted octanol–water partition coefficient (Wildman–Crippen LogP) is 5.59. The van der Waals surface area contributed by atoms with E-state index in [1.807, 2.05) is 60.7 Å². The molecule has 9 heteroatoms. The third kappa shape index (κ3) is 4.36. The monoisotopic (exact) mass is 419 g/mol. The number of anilines is 3. The maximum atomic E-state index is 11.6. The number of rotatable bonds is 7. The van der Waals surface area contributed by atoms with Gasteiger partial charge in [-0.2, -0.15) is 0 Å². The van der Waals surface area contributed by atoms with E-state index in [0.717, 1.165) is 11.4 Å². The van der Waals surface area contributed by atoms with Crippen molar-refractivity contribution in [1.29, 1.82) is 0 Å². The lowest BCUT2D eigenvalue weighted by molar-refractivity contribution is -0.383. The first-order chi connectivity index (χ1) is 14.6. The molecular formula is C21H17N5O3S. The number of aromatic nitrogens is 2. The summed E-state index contributed by atoms with van der Waals surface area (Å²) in [7, 11) is 0. The fourth-order valence-corrected chi connectivity index (χ4v) is 3.03. The Bertz CT molecular complexity index is 1220. The Labute approximate surface area is 176 Å². The minimum absolute atomic E-state index is 0.0885. The number of hydrogen-bond acceptors (Lipinski definition) is 7. The molecule has 0 spiro atoms. The molecule has 0 fully saturated rings. The molecule has 3 aromatic carbocycles. The minimum Gasteiger partial charge on any atom is -0.409 e. The number of nitro groups is 1. The van der Waals surface area contributed by atoms with Crippen molar-refractivity contribution in [2.24, 2.45) is 0 Å². The standard InChI is InChI=1S/C21H17N5O3S/c27-26(28)19-13-15(11-12-18(19)23-17-9-5-2-6-10-17)20-24-25(21(30)29-20)14-22-16-7-3-1-4-8-16/h1-13,22-23H,14H2. The van der Waals surface area contributed by atoms with Crippen LogP contribution in [-0.4, -0.2) is 14.7 Å². The molecule has 0 aliphatic rings. The Balaban J connectivity index is 1.59. The van der Waals surface area contributed by atoms with Gasteiger partial charge < -0.3 is 15.1 Å². The summed E-state index contributed by atoms with van der Waals surface area (Å²) in [6.07, 6.45) is 0. The van der Waals surface area contributed by atoms with E-state index >= 15 is 0 Å². The molecule has 0 saturated heterocycles. The van der Waals surface area contributed by atoms with Crippen LogP contribution in [0.5, 0.6) is 0 Å². The smallest absolute Gasteiger partial charge is 0.293 e. The number of benzene rings is 3. The molecule has 4 rings (SSSR count). The first-order valence-corrected chi connectivity index (χ1v) is 9.49. The molecule has 0 aliphatic heterocycles. The van der Waals surface area contributed by atoms with E-state index in [1.54, 1.807) is 12.1 Å². The van der Waals surface area contributed by atoms with Gasteiger partial charge in [-0.25, -0.2) is 4.68 Å². The van der Waals surface area contributed by atoms with Gasteiger partial charge >= 0.3 is 0 Å². The van der Waals surface area contributed by atoms with Crippen LogP contribution >= 0.6 is 12.2 Å². The lowest BCUT2D eigenvalue weighted by Gasteiger charge is -2.07. The lowest BCUT2D eigenvalue weighted by Crippen LogP contribution is -2.09. The predicted molar refractivity (Wildman–Crippen MR) is 117 cm³/mol. The van der Waals surface area contributed by atoms with Crippen molar-refractivity contribution in [3.05, 3.63) is 93.8 Å². The zero-order valence-corrected chi connectivity index (χ0v) is 16.5. The number of nitrogens with one attached hydrogen (secondary N) is 2. The minimum atomic E-state index is -0.447. The third-order valence-electron chi connectivity index (χ3n) is 4.31. The average molecular weight is 419 g/mol. The third-order valence-corrected chi connectivity index (χ3v) is 4.60. The molecule has 30 heavy (non-hydrogen) atoms. The van der Waals surface area contributed by atoms with Crippen LogP contribution in [0.15, 0.2) is 83.3 Å². The molecule has 0 unspecified atom stereocenters. The van der Waals surface area contributed by atoms with E-state index in [-0.39, 0.29) is 16.4 Å². The molecule has 0 bridgehead atoms. The van der Waals surface area contributed by atoms with Gasteiger partial charge in [-0.05, 0) is 48.6 Å². The number of nitrogens with zero attached hydrogens (tertiary/aromatic N) is 3. The molecule has 0 radical (unpaired) electrons. The van der Waals surface area contributed by atoms with Gasteiger partial charge in [-0.15, -0.1) is 5.10 Å². The van der Waals surface area contributed by atoms with Gasteiger partial charge in [-0.1, -0.05) is 36.4 Å². The van der Waals surface area contributed by atoms with Crippen molar-refractivity contribution in [2.75, 3.05) is 10.6 Å². The molecule has 0 amide bonds. The Kier molecular flexibility index (Phi) is 5.53. The van der Waals surface area contributed by atoms with Crippen LogP contribution in [-0.2, 0) is 6.67 Å². The molecular weight excluding hydrogens is 402 g/mol. The van der Waals surface area contributed by atoms with Crippen LogP contribution in [0.2, 0.25) is 0 Å². The van der Waals surface area contributed by atoms with Gasteiger partial charge in [0.2, 0.25) is 5.89 Å². The summed E-state index contributed by atoms with van der Waals surface area (Å²) in [4.78, 5) is 11.3. The summed E-state index contributed by atoms with van der Waals surface area (Å²) >= 11 is 5.23. The summed E-state index contributed by atoms with van der Waals surface area (Å²) in [5.74, 6) is 0.212. The van der Waals surface area contributed by atoms with Gasteiger partial charge in [0, 0.05) is 23.0 Å². The van der Waals surface area contributed by atoms with Crippen LogP contribution in [0.1, 0.15) is 0 Å². The molecule has 0 saturated carbocycles. The Morgan fingerprint density at radius 1 is 1.00 bits per heavy atom. The summed E-state index contributed by atoms with van der Waals surface area (Å²) in [5, 5.41) is 22.2. The maximum Gasteiger partial charge on any atom is 0.293 e. The zero-order chi connectivity index (χ0) is 20.9. The van der Waals surface area contributed by atoms with Crippen LogP contribution in [0, 0.1) is 15.0 Å². The molecule has 4 aromatic rings. The molecule has 8 nitrogen and oxygen atoms in total. The fraction of sp³-hybridized carbons (Fsp3) is 0.0476. The van der Waals surface area contributed by atoms with E-state index in [2.05, 4.69) is 15.7 Å². The van der Waals surface area contributed by atoms with Crippen molar-refractivity contribution in [2.45, 2.75) is 6.67 Å². The van der Waals surface area contributed by atoms with Gasteiger partial charge in [-0.3, -0.25) is 10.1 Å². The summed E-state index contributed by atoms with van der Waals surface area (Å²) in [6.45, 7) is 0.308. The summed E-state index contributed by atoms with van der Waals surface area (Å²) in [6, 6.07) is 23.6. The van der Waals surface area contributed by atoms with E-state index in [4.69, 9.17) is 16.6 Å². The van der Waals surface area contributed by atoms with Crippen molar-refractivity contribution in [1.82, 2.24) is 9.78 Å². The van der Waals surface area contributed by atoms with Crippen LogP contribution < -0.4 is 10.6 Å². The molecule has 1 aromatic heterocycles. The molecule has 0 aliphatic carbocycles. The second-order valence-electron chi connectivity index (χ2n) is 6.35. The van der Waals surface area contributed by atoms with Crippen LogP contribution in [0.3, 0.4) is 0 Å². The molecule has 1 heterocycles. The maximum absolute atomic E-state index is 11.6. The fourth-order valence-electron chi connectivity index (χ4n) is 2.84. The van der Waals surface area contributed by atoms with Gasteiger partial charge in [0.05, 0.1) is 4.92 Å². The quantitative estimate of drug-likeness (QED) is 0.229. The summed E-state index contributed by atoms with van der Waals surface area (Å²) < 4.78 is 7.05. The number of hydrogen-bond donors (Lipinski definition) is 2. The van der Waals surface area contributed by atoms with Gasteiger partial charge in [0.15, 0.2) is 0 Å². The molecule has 150 valence electrons. The van der Waals surface area contributed by atoms with Crippen molar-refractivity contribution in [3.8, 4) is 11.5 Å². The van der Waals surface area contributed by atoms with Gasteiger partial charge in [0.1, 0.15) is 12.4 Å².